The van der Waals surface area contributed by atoms with Crippen molar-refractivity contribution in [2.45, 2.75) is 17.0 Å². The monoisotopic (exact) mass is 540 g/mol. The molecule has 0 bridgehead atoms. The van der Waals surface area contributed by atoms with Gasteiger partial charge in [-0.15, -0.1) is 0 Å². The van der Waals surface area contributed by atoms with Gasteiger partial charge in [-0.1, -0.05) is 59.6 Å². The second-order valence-electron chi connectivity index (χ2n) is 8.22. The summed E-state index contributed by atoms with van der Waals surface area (Å²) in [6.07, 6.45) is 0. The van der Waals surface area contributed by atoms with Crippen LogP contribution in [0.4, 0.5) is 5.82 Å². The van der Waals surface area contributed by atoms with Gasteiger partial charge >= 0.3 is 5.97 Å². The maximum atomic E-state index is 14.1. The van der Waals surface area contributed by atoms with Crippen LogP contribution in [0, 0.1) is 0 Å². The number of rotatable bonds is 5. The smallest absolute Gasteiger partial charge is 0.335 e. The molecule has 2 atom stereocenters. The van der Waals surface area contributed by atoms with Crippen LogP contribution < -0.4 is 9.86 Å². The van der Waals surface area contributed by atoms with Gasteiger partial charge in [0.25, 0.3) is 15.6 Å². The summed E-state index contributed by atoms with van der Waals surface area (Å²) < 4.78 is 30.9. The Labute approximate surface area is 216 Å². The van der Waals surface area contributed by atoms with Gasteiger partial charge in [0.05, 0.1) is 22.5 Å². The summed E-state index contributed by atoms with van der Waals surface area (Å²) in [4.78, 5) is 24.5. The molecule has 1 aromatic heterocycles. The van der Waals surface area contributed by atoms with Crippen LogP contribution in [0.25, 0.3) is 0 Å². The van der Waals surface area contributed by atoms with Crippen molar-refractivity contribution in [1.82, 2.24) is 4.57 Å². The van der Waals surface area contributed by atoms with E-state index in [1.807, 2.05) is 0 Å². The van der Waals surface area contributed by atoms with Crippen molar-refractivity contribution in [3.63, 3.8) is 0 Å². The van der Waals surface area contributed by atoms with Crippen molar-refractivity contribution in [3.8, 4) is 0 Å². The number of halogens is 2. The second kappa shape index (κ2) is 9.13. The van der Waals surface area contributed by atoms with Crippen LogP contribution in [0.3, 0.4) is 0 Å². The van der Waals surface area contributed by atoms with Crippen LogP contribution in [0.5, 0.6) is 0 Å². The Morgan fingerprint density at radius 3 is 1.92 bits per heavy atom. The molecule has 0 saturated heterocycles. The lowest BCUT2D eigenvalue weighted by molar-refractivity contribution is 0.0696. The average molecular weight is 541 g/mol. The summed E-state index contributed by atoms with van der Waals surface area (Å²) in [7, 11) is -4.33. The molecule has 0 spiro atoms. The lowest BCUT2D eigenvalue weighted by Gasteiger charge is -2.29. The van der Waals surface area contributed by atoms with Crippen molar-refractivity contribution in [2.75, 3.05) is 4.31 Å². The van der Waals surface area contributed by atoms with Crippen LogP contribution in [0.2, 0.25) is 10.0 Å². The maximum absolute atomic E-state index is 14.1. The molecule has 1 aliphatic heterocycles. The van der Waals surface area contributed by atoms with Crippen LogP contribution in [-0.2, 0) is 10.0 Å². The zero-order valence-corrected chi connectivity index (χ0v) is 20.8. The first-order chi connectivity index (χ1) is 17.2. The molecule has 1 aliphatic rings. The molecule has 0 radical (unpaired) electrons. The predicted molar refractivity (Wildman–Crippen MR) is 138 cm³/mol. The first-order valence-corrected chi connectivity index (χ1v) is 13.0. The maximum Gasteiger partial charge on any atom is 0.335 e. The third-order valence-corrected chi connectivity index (χ3v) is 8.37. The van der Waals surface area contributed by atoms with E-state index in [0.717, 1.165) is 6.07 Å². The molecule has 10 heteroatoms. The number of sulfonamides is 1. The normalized spacial score (nSPS) is 17.1. The molecule has 36 heavy (non-hydrogen) atoms. The SMILES string of the molecule is O=C(O)c1cccc(S(=O)(=O)N2c3cccc(=O)n3[C@@H](c3ccc(Cl)cc3)[C@H]2c2ccc(Cl)cc2)c1. The van der Waals surface area contributed by atoms with Crippen molar-refractivity contribution < 1.29 is 18.3 Å². The minimum atomic E-state index is -4.33. The fourth-order valence-electron chi connectivity index (χ4n) is 4.51. The van der Waals surface area contributed by atoms with Crippen LogP contribution in [0.15, 0.2) is 101 Å². The van der Waals surface area contributed by atoms with Crippen LogP contribution in [-0.4, -0.2) is 24.1 Å². The fourth-order valence-corrected chi connectivity index (χ4v) is 6.44. The van der Waals surface area contributed by atoms with Crippen molar-refractivity contribution in [3.05, 3.63) is 128 Å². The molecule has 2 heterocycles. The first kappa shape index (κ1) is 24.1. The average Bonchev–Trinajstić information content (AvgIpc) is 3.22. The predicted octanol–water partition coefficient (Wildman–Crippen LogP) is 5.39. The Morgan fingerprint density at radius 1 is 0.778 bits per heavy atom. The van der Waals surface area contributed by atoms with Gasteiger partial charge in [0, 0.05) is 16.1 Å². The van der Waals surface area contributed by atoms with E-state index in [1.54, 1.807) is 54.6 Å². The zero-order valence-electron chi connectivity index (χ0n) is 18.5. The van der Waals surface area contributed by atoms with Crippen molar-refractivity contribution in [1.29, 1.82) is 0 Å². The van der Waals surface area contributed by atoms with E-state index in [-0.39, 0.29) is 21.8 Å². The Bertz CT molecular complexity index is 1630. The molecule has 0 saturated carbocycles. The highest BCUT2D eigenvalue weighted by atomic mass is 35.5. The van der Waals surface area contributed by atoms with Gasteiger partial charge in [-0.2, -0.15) is 0 Å². The van der Waals surface area contributed by atoms with Gasteiger partial charge in [-0.05, 0) is 59.7 Å². The number of aromatic carboxylic acids is 1. The Kier molecular flexibility index (Phi) is 6.12. The highest BCUT2D eigenvalue weighted by molar-refractivity contribution is 7.92. The van der Waals surface area contributed by atoms with Crippen LogP contribution >= 0.6 is 23.2 Å². The van der Waals surface area contributed by atoms with E-state index in [2.05, 4.69) is 0 Å². The van der Waals surface area contributed by atoms with E-state index in [4.69, 9.17) is 23.2 Å². The lowest BCUT2D eigenvalue weighted by atomic mass is 9.94. The summed E-state index contributed by atoms with van der Waals surface area (Å²) in [5, 5.41) is 10.4. The highest BCUT2D eigenvalue weighted by Gasteiger charge is 2.47. The molecule has 1 N–H and O–H groups in total. The number of anilines is 1. The lowest BCUT2D eigenvalue weighted by Crippen LogP contribution is -2.34. The van der Waals surface area contributed by atoms with Crippen molar-refractivity contribution >= 4 is 45.0 Å². The van der Waals surface area contributed by atoms with E-state index in [0.29, 0.717) is 21.2 Å². The molecule has 4 aromatic rings. The first-order valence-electron chi connectivity index (χ1n) is 10.8. The second-order valence-corrected chi connectivity index (χ2v) is 10.9. The summed E-state index contributed by atoms with van der Waals surface area (Å²) >= 11 is 12.2. The van der Waals surface area contributed by atoms with E-state index >= 15 is 0 Å². The quantitative estimate of drug-likeness (QED) is 0.366. The third kappa shape index (κ3) is 4.07. The van der Waals surface area contributed by atoms with Gasteiger partial charge in [0.15, 0.2) is 0 Å². The standard InChI is InChI=1S/C26H18Cl2N2O5S/c27-19-11-7-16(8-12-19)24-25(17-9-13-20(28)14-10-17)30(22-5-2-6-23(31)29(22)24)36(34,35)21-4-1-3-18(15-21)26(32)33/h1-15,24-25H,(H,32,33)/t24-,25+/m0/s1. The molecule has 5 rings (SSSR count). The molecule has 0 fully saturated rings. The molecule has 0 amide bonds. The van der Waals surface area contributed by atoms with Crippen molar-refractivity contribution in [2.24, 2.45) is 0 Å². The number of hydrogen-bond donors (Lipinski definition) is 1. The van der Waals surface area contributed by atoms with Gasteiger partial charge < -0.3 is 5.11 Å². The molecule has 0 unspecified atom stereocenters. The molecule has 0 aliphatic carbocycles. The molecule has 182 valence electrons. The van der Waals surface area contributed by atoms with E-state index in [9.17, 15) is 23.1 Å². The molecule has 3 aromatic carbocycles. The minimum absolute atomic E-state index is 0.156. The molecular formula is C26H18Cl2N2O5S. The van der Waals surface area contributed by atoms with E-state index < -0.39 is 28.1 Å². The number of hydrogen-bond acceptors (Lipinski definition) is 4. The minimum Gasteiger partial charge on any atom is -0.478 e. The van der Waals surface area contributed by atoms with Gasteiger partial charge in [0.1, 0.15) is 5.82 Å². The fraction of sp³-hybridized carbons (Fsp3) is 0.0769. The molecular weight excluding hydrogens is 523 g/mol. The number of benzene rings is 3. The third-order valence-electron chi connectivity index (χ3n) is 6.08. The molecule has 7 nitrogen and oxygen atoms in total. The number of nitrogens with zero attached hydrogens (tertiary/aromatic N) is 2. The summed E-state index contributed by atoms with van der Waals surface area (Å²) in [5.41, 5.74) is 0.715. The number of carboxylic acid groups (broad SMARTS) is 1. The van der Waals surface area contributed by atoms with Gasteiger partial charge in [-0.25, -0.2) is 17.5 Å². The Morgan fingerprint density at radius 2 is 1.33 bits per heavy atom. The topological polar surface area (TPSA) is 96.7 Å². The number of pyridine rings is 1. The number of aromatic nitrogens is 1. The number of carboxylic acids is 1. The number of carbonyl (C=O) groups is 1. The zero-order chi connectivity index (χ0) is 25.6. The number of fused-ring (bicyclic) bond motifs is 1. The summed E-state index contributed by atoms with van der Waals surface area (Å²) in [6, 6.07) is 21.5. The van der Waals surface area contributed by atoms with Gasteiger partial charge in [0.2, 0.25) is 0 Å². The highest BCUT2D eigenvalue weighted by Crippen LogP contribution is 2.49. The Hall–Kier alpha value is -3.59. The summed E-state index contributed by atoms with van der Waals surface area (Å²) in [5.74, 6) is -1.10. The Balaban J connectivity index is 1.80. The van der Waals surface area contributed by atoms with Gasteiger partial charge in [-0.3, -0.25) is 9.36 Å². The van der Waals surface area contributed by atoms with E-state index in [1.165, 1.54) is 39.2 Å². The summed E-state index contributed by atoms with van der Waals surface area (Å²) in [6.45, 7) is 0. The van der Waals surface area contributed by atoms with Crippen LogP contribution in [0.1, 0.15) is 33.6 Å². The largest absolute Gasteiger partial charge is 0.478 e.